The molecule has 5 nitrogen and oxygen atoms in total. The first kappa shape index (κ1) is 17.0. The Morgan fingerprint density at radius 1 is 1.16 bits per heavy atom. The van der Waals surface area contributed by atoms with E-state index >= 15 is 0 Å². The molecule has 0 aromatic heterocycles. The fraction of sp³-hybridized carbons (Fsp3) is 0.300. The summed E-state index contributed by atoms with van der Waals surface area (Å²) in [5.41, 5.74) is 10.3. The molecule has 1 saturated heterocycles. The number of nitrogens with zero attached hydrogens (tertiary/aromatic N) is 2. The molecule has 3 rings (SSSR count). The van der Waals surface area contributed by atoms with Gasteiger partial charge in [-0.1, -0.05) is 42.0 Å². The van der Waals surface area contributed by atoms with Crippen molar-refractivity contribution in [2.45, 2.75) is 32.9 Å². The zero-order chi connectivity index (χ0) is 17.6. The minimum Gasteiger partial charge on any atom is -0.370 e. The van der Waals surface area contributed by atoms with Crippen LogP contribution in [0.4, 0.5) is 5.69 Å². The number of rotatable bonds is 5. The molecule has 0 spiro atoms. The molecule has 0 saturated carbocycles. The number of carbonyl (C=O) groups excluding carboxylic acids is 1. The van der Waals surface area contributed by atoms with Crippen LogP contribution in [0.25, 0.3) is 0 Å². The van der Waals surface area contributed by atoms with Crippen molar-refractivity contribution in [3.63, 3.8) is 0 Å². The van der Waals surface area contributed by atoms with Crippen molar-refractivity contribution >= 4 is 17.6 Å². The van der Waals surface area contributed by atoms with Crippen molar-refractivity contribution in [2.24, 2.45) is 10.7 Å². The maximum absolute atomic E-state index is 11.9. The standard InChI is InChI=1S/C20H24N4O/c1-15-8-10-18(11-9-15)23-20(21)22-13-16-5-2-3-6-17(16)14-24-12-4-7-19(24)25/h2-3,5-6,8-11H,4,7,12-14H2,1H3,(H3,21,22,23). The highest BCUT2D eigenvalue weighted by atomic mass is 16.2. The minimum atomic E-state index is 0.235. The van der Waals surface area contributed by atoms with E-state index in [1.54, 1.807) is 0 Å². The van der Waals surface area contributed by atoms with E-state index in [1.165, 1.54) is 5.56 Å². The zero-order valence-electron chi connectivity index (χ0n) is 14.5. The van der Waals surface area contributed by atoms with Crippen LogP contribution in [0.5, 0.6) is 0 Å². The van der Waals surface area contributed by atoms with Gasteiger partial charge < -0.3 is 16.0 Å². The van der Waals surface area contributed by atoms with Crippen LogP contribution in [-0.2, 0) is 17.9 Å². The van der Waals surface area contributed by atoms with Gasteiger partial charge in [0.25, 0.3) is 0 Å². The summed E-state index contributed by atoms with van der Waals surface area (Å²) in [6.07, 6.45) is 1.61. The fourth-order valence-electron chi connectivity index (χ4n) is 2.94. The first-order valence-electron chi connectivity index (χ1n) is 8.60. The van der Waals surface area contributed by atoms with Gasteiger partial charge in [0.2, 0.25) is 5.91 Å². The molecule has 1 amide bonds. The highest BCUT2D eigenvalue weighted by Crippen LogP contribution is 2.18. The van der Waals surface area contributed by atoms with Gasteiger partial charge in [-0.25, -0.2) is 4.99 Å². The molecule has 1 aliphatic heterocycles. The second-order valence-electron chi connectivity index (χ2n) is 6.38. The van der Waals surface area contributed by atoms with Crippen LogP contribution in [-0.4, -0.2) is 23.3 Å². The maximum atomic E-state index is 11.9. The fourth-order valence-corrected chi connectivity index (χ4v) is 2.94. The molecule has 1 aliphatic rings. The van der Waals surface area contributed by atoms with Crippen LogP contribution in [0.2, 0.25) is 0 Å². The molecule has 2 aromatic carbocycles. The van der Waals surface area contributed by atoms with E-state index in [-0.39, 0.29) is 5.91 Å². The second-order valence-corrected chi connectivity index (χ2v) is 6.38. The van der Waals surface area contributed by atoms with Crippen LogP contribution >= 0.6 is 0 Å². The summed E-state index contributed by atoms with van der Waals surface area (Å²) in [6.45, 7) is 4.02. The SMILES string of the molecule is Cc1ccc(NC(N)=NCc2ccccc2CN2CCCC2=O)cc1. The van der Waals surface area contributed by atoms with Crippen LogP contribution in [0.15, 0.2) is 53.5 Å². The number of hydrogen-bond donors (Lipinski definition) is 2. The lowest BCUT2D eigenvalue weighted by molar-refractivity contribution is -0.128. The van der Waals surface area contributed by atoms with Gasteiger partial charge in [0.05, 0.1) is 6.54 Å². The predicted octanol–water partition coefficient (Wildman–Crippen LogP) is 3.04. The third-order valence-corrected chi connectivity index (χ3v) is 4.39. The zero-order valence-corrected chi connectivity index (χ0v) is 14.5. The summed E-state index contributed by atoms with van der Waals surface area (Å²) >= 11 is 0. The van der Waals surface area contributed by atoms with E-state index < -0.39 is 0 Å². The highest BCUT2D eigenvalue weighted by molar-refractivity contribution is 5.92. The molecule has 3 N–H and O–H groups in total. The molecule has 2 aromatic rings. The molecular formula is C20H24N4O. The molecule has 5 heteroatoms. The summed E-state index contributed by atoms with van der Waals surface area (Å²) in [6, 6.07) is 16.1. The first-order valence-corrected chi connectivity index (χ1v) is 8.60. The van der Waals surface area contributed by atoms with Crippen LogP contribution in [0.1, 0.15) is 29.5 Å². The number of likely N-dealkylation sites (tertiary alicyclic amines) is 1. The number of anilines is 1. The van der Waals surface area contributed by atoms with E-state index in [0.717, 1.165) is 29.8 Å². The Morgan fingerprint density at radius 2 is 1.88 bits per heavy atom. The topological polar surface area (TPSA) is 70.7 Å². The van der Waals surface area contributed by atoms with Crippen molar-refractivity contribution in [3.8, 4) is 0 Å². The van der Waals surface area contributed by atoms with Crippen molar-refractivity contribution in [1.29, 1.82) is 0 Å². The quantitative estimate of drug-likeness (QED) is 0.651. The summed E-state index contributed by atoms with van der Waals surface area (Å²) < 4.78 is 0. The van der Waals surface area contributed by atoms with Gasteiger partial charge in [0, 0.05) is 25.2 Å². The molecule has 130 valence electrons. The summed E-state index contributed by atoms with van der Waals surface area (Å²) in [7, 11) is 0. The number of aliphatic imine (C=N–C) groups is 1. The Morgan fingerprint density at radius 3 is 2.56 bits per heavy atom. The number of amides is 1. The normalized spacial score (nSPS) is 14.8. The molecule has 0 radical (unpaired) electrons. The van der Waals surface area contributed by atoms with Crippen LogP contribution in [0, 0.1) is 6.92 Å². The van der Waals surface area contributed by atoms with Crippen LogP contribution in [0.3, 0.4) is 0 Å². The number of guanidine groups is 1. The smallest absolute Gasteiger partial charge is 0.222 e. The van der Waals surface area contributed by atoms with Gasteiger partial charge in [-0.2, -0.15) is 0 Å². The average molecular weight is 336 g/mol. The lowest BCUT2D eigenvalue weighted by atomic mass is 10.1. The summed E-state index contributed by atoms with van der Waals surface area (Å²) in [5.74, 6) is 0.620. The van der Waals surface area contributed by atoms with Crippen molar-refractivity contribution in [2.75, 3.05) is 11.9 Å². The van der Waals surface area contributed by atoms with E-state index in [0.29, 0.717) is 25.5 Å². The monoisotopic (exact) mass is 336 g/mol. The largest absolute Gasteiger partial charge is 0.370 e. The Kier molecular flexibility index (Phi) is 5.33. The number of aryl methyl sites for hydroxylation is 1. The second kappa shape index (κ2) is 7.83. The number of benzene rings is 2. The maximum Gasteiger partial charge on any atom is 0.222 e. The lowest BCUT2D eigenvalue weighted by Crippen LogP contribution is -2.25. The lowest BCUT2D eigenvalue weighted by Gasteiger charge is -2.17. The van der Waals surface area contributed by atoms with E-state index in [4.69, 9.17) is 5.73 Å². The molecular weight excluding hydrogens is 312 g/mol. The molecule has 0 atom stereocenters. The number of nitrogens with one attached hydrogen (secondary N) is 1. The van der Waals surface area contributed by atoms with Gasteiger partial charge in [0.15, 0.2) is 5.96 Å². The van der Waals surface area contributed by atoms with Crippen molar-refractivity contribution < 1.29 is 4.79 Å². The Labute approximate surface area is 148 Å². The summed E-state index contributed by atoms with van der Waals surface area (Å²) in [5, 5.41) is 3.10. The molecule has 0 unspecified atom stereocenters. The molecule has 0 bridgehead atoms. The van der Waals surface area contributed by atoms with Gasteiger partial charge in [0.1, 0.15) is 0 Å². The molecule has 25 heavy (non-hydrogen) atoms. The molecule has 0 aliphatic carbocycles. The van der Waals surface area contributed by atoms with E-state index in [2.05, 4.69) is 16.4 Å². The van der Waals surface area contributed by atoms with E-state index in [9.17, 15) is 4.79 Å². The van der Waals surface area contributed by atoms with Crippen molar-refractivity contribution in [3.05, 3.63) is 65.2 Å². The Bertz CT molecular complexity index is 768. The van der Waals surface area contributed by atoms with Crippen LogP contribution < -0.4 is 11.1 Å². The summed E-state index contributed by atoms with van der Waals surface area (Å²) in [4.78, 5) is 18.2. The van der Waals surface area contributed by atoms with Gasteiger partial charge in [-0.15, -0.1) is 0 Å². The third-order valence-electron chi connectivity index (χ3n) is 4.39. The van der Waals surface area contributed by atoms with Gasteiger partial charge in [-0.3, -0.25) is 4.79 Å². The van der Waals surface area contributed by atoms with Gasteiger partial charge in [-0.05, 0) is 36.6 Å². The number of carbonyl (C=O) groups is 1. The Hall–Kier alpha value is -2.82. The minimum absolute atomic E-state index is 0.235. The van der Waals surface area contributed by atoms with E-state index in [1.807, 2.05) is 54.3 Å². The molecule has 1 fully saturated rings. The average Bonchev–Trinajstić information content (AvgIpc) is 3.01. The van der Waals surface area contributed by atoms with Crippen molar-refractivity contribution in [1.82, 2.24) is 4.90 Å². The highest BCUT2D eigenvalue weighted by Gasteiger charge is 2.20. The number of nitrogens with two attached hydrogens (primary N) is 1. The number of hydrogen-bond acceptors (Lipinski definition) is 2. The first-order chi connectivity index (χ1) is 12.1. The predicted molar refractivity (Wildman–Crippen MR) is 101 cm³/mol. The third kappa shape index (κ3) is 4.59. The molecule has 1 heterocycles. The van der Waals surface area contributed by atoms with Gasteiger partial charge >= 0.3 is 0 Å². The Balaban J connectivity index is 1.65.